The van der Waals surface area contributed by atoms with Crippen LogP contribution in [0.25, 0.3) is 11.1 Å². The summed E-state index contributed by atoms with van der Waals surface area (Å²) in [6.07, 6.45) is 3.83. The van der Waals surface area contributed by atoms with E-state index in [1.54, 1.807) is 43.7 Å². The molecular formula is C17H19NO4. The number of hydrogen-bond acceptors (Lipinski definition) is 3. The van der Waals surface area contributed by atoms with Crippen molar-refractivity contribution in [2.45, 2.75) is 26.3 Å². The monoisotopic (exact) mass is 301 g/mol. The summed E-state index contributed by atoms with van der Waals surface area (Å²) < 4.78 is 5.03. The lowest BCUT2D eigenvalue weighted by Crippen LogP contribution is -2.45. The molecule has 116 valence electrons. The normalized spacial score (nSPS) is 13.4. The van der Waals surface area contributed by atoms with E-state index < -0.39 is 17.9 Å². The number of nitrogens with one attached hydrogen (secondary N) is 1. The number of benzene rings is 1. The van der Waals surface area contributed by atoms with Crippen molar-refractivity contribution < 1.29 is 19.1 Å². The van der Waals surface area contributed by atoms with Crippen molar-refractivity contribution in [2.75, 3.05) is 0 Å². The van der Waals surface area contributed by atoms with Crippen LogP contribution in [0.5, 0.6) is 0 Å². The van der Waals surface area contributed by atoms with Crippen molar-refractivity contribution in [3.05, 3.63) is 48.4 Å². The van der Waals surface area contributed by atoms with Gasteiger partial charge in [-0.25, -0.2) is 4.79 Å². The van der Waals surface area contributed by atoms with Crippen molar-refractivity contribution in [1.29, 1.82) is 0 Å². The molecule has 1 aromatic carbocycles. The maximum absolute atomic E-state index is 12.3. The predicted molar refractivity (Wildman–Crippen MR) is 82.5 cm³/mol. The number of amides is 1. The number of furan rings is 1. The van der Waals surface area contributed by atoms with Crippen LogP contribution < -0.4 is 5.32 Å². The zero-order chi connectivity index (χ0) is 16.1. The molecule has 2 unspecified atom stereocenters. The van der Waals surface area contributed by atoms with Crippen LogP contribution in [0.4, 0.5) is 0 Å². The standard InChI is InChI=1S/C17H19NO4/c1-3-11(2)15(17(20)21)18-16(19)13-6-4-5-12(9-13)14-7-8-22-10-14/h4-11,15H,3H2,1-2H3,(H,18,19)(H,20,21). The SMILES string of the molecule is CCC(C)C(NC(=O)c1cccc(-c2ccoc2)c1)C(=O)O. The maximum Gasteiger partial charge on any atom is 0.326 e. The second-order valence-corrected chi connectivity index (χ2v) is 5.27. The van der Waals surface area contributed by atoms with Crippen LogP contribution in [-0.2, 0) is 4.79 Å². The number of carbonyl (C=O) groups excluding carboxylic acids is 1. The summed E-state index contributed by atoms with van der Waals surface area (Å²) in [6.45, 7) is 3.70. The van der Waals surface area contributed by atoms with Gasteiger partial charge in [-0.05, 0) is 29.7 Å². The molecule has 0 saturated carbocycles. The number of carbonyl (C=O) groups is 2. The summed E-state index contributed by atoms with van der Waals surface area (Å²) in [5.41, 5.74) is 2.14. The number of carboxylic acids is 1. The Bertz CT molecular complexity index is 648. The first kappa shape index (κ1) is 15.8. The number of rotatable bonds is 6. The van der Waals surface area contributed by atoms with Gasteiger partial charge in [0.25, 0.3) is 5.91 Å². The number of carboxylic acid groups (broad SMARTS) is 1. The third-order valence-electron chi connectivity index (χ3n) is 3.74. The van der Waals surface area contributed by atoms with Crippen molar-refractivity contribution >= 4 is 11.9 Å². The zero-order valence-electron chi connectivity index (χ0n) is 12.6. The molecule has 2 N–H and O–H groups in total. The molecule has 0 saturated heterocycles. The highest BCUT2D eigenvalue weighted by atomic mass is 16.4. The molecule has 22 heavy (non-hydrogen) atoms. The predicted octanol–water partition coefficient (Wildman–Crippen LogP) is 3.18. The zero-order valence-corrected chi connectivity index (χ0v) is 12.6. The van der Waals surface area contributed by atoms with Gasteiger partial charge in [0, 0.05) is 11.1 Å². The van der Waals surface area contributed by atoms with Crippen LogP contribution in [0.3, 0.4) is 0 Å². The van der Waals surface area contributed by atoms with Crippen LogP contribution in [0.15, 0.2) is 47.3 Å². The van der Waals surface area contributed by atoms with Gasteiger partial charge in [0.1, 0.15) is 6.04 Å². The van der Waals surface area contributed by atoms with E-state index in [1.807, 2.05) is 13.0 Å². The third kappa shape index (κ3) is 3.55. The molecular weight excluding hydrogens is 282 g/mol. The quantitative estimate of drug-likeness (QED) is 0.859. The Morgan fingerprint density at radius 3 is 2.64 bits per heavy atom. The van der Waals surface area contributed by atoms with Gasteiger partial charge in [-0.2, -0.15) is 0 Å². The fourth-order valence-corrected chi connectivity index (χ4v) is 2.18. The minimum absolute atomic E-state index is 0.140. The van der Waals surface area contributed by atoms with E-state index in [4.69, 9.17) is 4.42 Å². The summed E-state index contributed by atoms with van der Waals surface area (Å²) in [4.78, 5) is 23.6. The average molecular weight is 301 g/mol. The highest BCUT2D eigenvalue weighted by molar-refractivity contribution is 5.97. The molecule has 5 heteroatoms. The number of hydrogen-bond donors (Lipinski definition) is 2. The molecule has 5 nitrogen and oxygen atoms in total. The highest BCUT2D eigenvalue weighted by Gasteiger charge is 2.25. The minimum atomic E-state index is -1.02. The summed E-state index contributed by atoms with van der Waals surface area (Å²) in [5, 5.41) is 11.8. The van der Waals surface area contributed by atoms with Gasteiger partial charge < -0.3 is 14.8 Å². The fourth-order valence-electron chi connectivity index (χ4n) is 2.18. The molecule has 1 aromatic heterocycles. The minimum Gasteiger partial charge on any atom is -0.480 e. The molecule has 1 heterocycles. The summed E-state index contributed by atoms with van der Waals surface area (Å²) in [7, 11) is 0. The Kier molecular flexibility index (Phi) is 4.99. The van der Waals surface area contributed by atoms with E-state index in [1.165, 1.54) is 0 Å². The lowest BCUT2D eigenvalue weighted by molar-refractivity contribution is -0.140. The Morgan fingerprint density at radius 2 is 2.05 bits per heavy atom. The van der Waals surface area contributed by atoms with E-state index in [2.05, 4.69) is 5.32 Å². The van der Waals surface area contributed by atoms with E-state index in [0.717, 1.165) is 11.1 Å². The van der Waals surface area contributed by atoms with Crippen LogP contribution in [0.1, 0.15) is 30.6 Å². The van der Waals surface area contributed by atoms with Crippen LogP contribution in [0, 0.1) is 5.92 Å². The molecule has 0 fully saturated rings. The number of aliphatic carboxylic acids is 1. The second-order valence-electron chi connectivity index (χ2n) is 5.27. The van der Waals surface area contributed by atoms with Gasteiger partial charge >= 0.3 is 5.97 Å². The summed E-state index contributed by atoms with van der Waals surface area (Å²) in [6, 6.07) is 7.91. The van der Waals surface area contributed by atoms with Gasteiger partial charge in [-0.1, -0.05) is 32.4 Å². The largest absolute Gasteiger partial charge is 0.480 e. The van der Waals surface area contributed by atoms with Crippen LogP contribution >= 0.6 is 0 Å². The Hall–Kier alpha value is -2.56. The van der Waals surface area contributed by atoms with E-state index in [0.29, 0.717) is 12.0 Å². The molecule has 0 bridgehead atoms. The Morgan fingerprint density at radius 1 is 1.27 bits per heavy atom. The Balaban J connectivity index is 2.19. The van der Waals surface area contributed by atoms with Gasteiger partial charge in [0.2, 0.25) is 0 Å². The first-order valence-electron chi connectivity index (χ1n) is 7.19. The lowest BCUT2D eigenvalue weighted by Gasteiger charge is -2.20. The van der Waals surface area contributed by atoms with Crippen LogP contribution in [0.2, 0.25) is 0 Å². The molecule has 1 amide bonds. The van der Waals surface area contributed by atoms with Crippen molar-refractivity contribution in [1.82, 2.24) is 5.32 Å². The molecule has 2 atom stereocenters. The van der Waals surface area contributed by atoms with Gasteiger partial charge in [0.15, 0.2) is 0 Å². The van der Waals surface area contributed by atoms with Gasteiger partial charge in [-0.3, -0.25) is 4.79 Å². The lowest BCUT2D eigenvalue weighted by atomic mass is 9.98. The average Bonchev–Trinajstić information content (AvgIpc) is 3.06. The summed E-state index contributed by atoms with van der Waals surface area (Å²) >= 11 is 0. The van der Waals surface area contributed by atoms with Crippen molar-refractivity contribution in [3.8, 4) is 11.1 Å². The van der Waals surface area contributed by atoms with Crippen molar-refractivity contribution in [3.63, 3.8) is 0 Å². The second kappa shape index (κ2) is 6.93. The topological polar surface area (TPSA) is 79.5 Å². The molecule has 0 aliphatic carbocycles. The molecule has 2 aromatic rings. The molecule has 0 aliphatic heterocycles. The molecule has 0 radical (unpaired) electrons. The molecule has 2 rings (SSSR count). The van der Waals surface area contributed by atoms with E-state index in [9.17, 15) is 14.7 Å². The molecule has 0 aliphatic rings. The van der Waals surface area contributed by atoms with Crippen LogP contribution in [-0.4, -0.2) is 23.0 Å². The van der Waals surface area contributed by atoms with Gasteiger partial charge in [0.05, 0.1) is 12.5 Å². The van der Waals surface area contributed by atoms with Crippen molar-refractivity contribution in [2.24, 2.45) is 5.92 Å². The summed E-state index contributed by atoms with van der Waals surface area (Å²) in [5.74, 6) is -1.55. The highest BCUT2D eigenvalue weighted by Crippen LogP contribution is 2.21. The first-order valence-corrected chi connectivity index (χ1v) is 7.19. The Labute approximate surface area is 129 Å². The third-order valence-corrected chi connectivity index (χ3v) is 3.74. The van der Waals surface area contributed by atoms with Gasteiger partial charge in [-0.15, -0.1) is 0 Å². The maximum atomic E-state index is 12.3. The van der Waals surface area contributed by atoms with E-state index >= 15 is 0 Å². The van der Waals surface area contributed by atoms with E-state index in [-0.39, 0.29) is 5.92 Å². The smallest absolute Gasteiger partial charge is 0.326 e. The fraction of sp³-hybridized carbons (Fsp3) is 0.294. The first-order chi connectivity index (χ1) is 10.5. The molecule has 0 spiro atoms.